The van der Waals surface area contributed by atoms with Gasteiger partial charge in [-0.1, -0.05) is 20.3 Å². The van der Waals surface area contributed by atoms with E-state index in [9.17, 15) is 29.1 Å². The monoisotopic (exact) mass is 461 g/mol. The number of thioether (sulfide) groups is 1. The second-order valence-corrected chi connectivity index (χ2v) is 8.38. The summed E-state index contributed by atoms with van der Waals surface area (Å²) in [6.07, 6.45) is 2.61. The van der Waals surface area contributed by atoms with Crippen LogP contribution in [0.2, 0.25) is 0 Å². The van der Waals surface area contributed by atoms with E-state index in [2.05, 4.69) is 16.0 Å². The highest BCUT2D eigenvalue weighted by atomic mass is 32.2. The molecule has 5 atom stereocenters. The number of amides is 4. The van der Waals surface area contributed by atoms with Crippen LogP contribution < -0.4 is 27.4 Å². The molecule has 0 spiro atoms. The number of rotatable bonds is 15. The third-order valence-corrected chi connectivity index (χ3v) is 5.45. The Balaban J connectivity index is 5.07. The summed E-state index contributed by atoms with van der Waals surface area (Å²) in [4.78, 5) is 59.6. The maximum absolute atomic E-state index is 12.7. The minimum Gasteiger partial charge on any atom is -0.480 e. The zero-order valence-electron chi connectivity index (χ0n) is 18.5. The Hall–Kier alpha value is -2.34. The van der Waals surface area contributed by atoms with E-state index in [1.54, 1.807) is 6.92 Å². The molecule has 0 aromatic carbocycles. The number of aliphatic carboxylic acids is 1. The van der Waals surface area contributed by atoms with Gasteiger partial charge in [-0.25, -0.2) is 4.79 Å². The number of carbonyl (C=O) groups excluding carboxylic acids is 4. The van der Waals surface area contributed by atoms with Crippen molar-refractivity contribution in [1.29, 1.82) is 0 Å². The molecule has 178 valence electrons. The summed E-state index contributed by atoms with van der Waals surface area (Å²) >= 11 is 1.46. The maximum atomic E-state index is 12.7. The fourth-order valence-corrected chi connectivity index (χ4v) is 3.02. The molecule has 8 N–H and O–H groups in total. The standard InChI is InChI=1S/C19H35N5O6S/c1-5-10(2)15(18(28)23-13(19(29)30)8-9-31-4)24-16(26)11(3)22-17(27)12(20)6-7-14(21)25/h10-13,15H,5-9,20H2,1-4H3,(H2,21,25)(H,22,27)(H,23,28)(H,24,26)(H,29,30). The summed E-state index contributed by atoms with van der Waals surface area (Å²) in [5.74, 6) is -3.32. The first kappa shape index (κ1) is 28.7. The molecule has 0 aromatic rings. The van der Waals surface area contributed by atoms with Crippen molar-refractivity contribution in [3.05, 3.63) is 0 Å². The van der Waals surface area contributed by atoms with Crippen LogP contribution in [-0.4, -0.2) is 70.9 Å². The summed E-state index contributed by atoms with van der Waals surface area (Å²) in [5, 5.41) is 16.8. The first-order valence-corrected chi connectivity index (χ1v) is 11.5. The average molecular weight is 462 g/mol. The molecule has 0 bridgehead atoms. The van der Waals surface area contributed by atoms with Gasteiger partial charge in [-0.2, -0.15) is 11.8 Å². The molecule has 4 amide bonds. The number of carboxylic acid groups (broad SMARTS) is 1. The van der Waals surface area contributed by atoms with E-state index >= 15 is 0 Å². The molecule has 5 unspecified atom stereocenters. The van der Waals surface area contributed by atoms with E-state index in [0.29, 0.717) is 12.2 Å². The minimum absolute atomic E-state index is 0.0417. The Kier molecular flexibility index (Phi) is 13.5. The van der Waals surface area contributed by atoms with Crippen LogP contribution in [-0.2, 0) is 24.0 Å². The molecule has 0 fully saturated rings. The fourth-order valence-electron chi connectivity index (χ4n) is 2.55. The molecule has 0 rings (SSSR count). The Morgan fingerprint density at radius 3 is 2.06 bits per heavy atom. The van der Waals surface area contributed by atoms with Gasteiger partial charge in [0.05, 0.1) is 6.04 Å². The molecule has 0 aliphatic heterocycles. The van der Waals surface area contributed by atoms with Crippen molar-refractivity contribution in [2.24, 2.45) is 17.4 Å². The largest absolute Gasteiger partial charge is 0.480 e. The lowest BCUT2D eigenvalue weighted by Crippen LogP contribution is -2.58. The number of nitrogens with one attached hydrogen (secondary N) is 3. The van der Waals surface area contributed by atoms with Crippen molar-refractivity contribution in [2.75, 3.05) is 12.0 Å². The predicted molar refractivity (Wildman–Crippen MR) is 118 cm³/mol. The van der Waals surface area contributed by atoms with Gasteiger partial charge < -0.3 is 32.5 Å². The van der Waals surface area contributed by atoms with Crippen LogP contribution in [0.3, 0.4) is 0 Å². The molecule has 0 radical (unpaired) electrons. The molecule has 0 aromatic heterocycles. The van der Waals surface area contributed by atoms with Crippen molar-refractivity contribution in [2.45, 2.75) is 70.6 Å². The summed E-state index contributed by atoms with van der Waals surface area (Å²) in [6.45, 7) is 5.02. The first-order chi connectivity index (χ1) is 14.4. The number of nitrogens with two attached hydrogens (primary N) is 2. The molecular formula is C19H35N5O6S. The van der Waals surface area contributed by atoms with Crippen molar-refractivity contribution < 1.29 is 29.1 Å². The lowest BCUT2D eigenvalue weighted by molar-refractivity contribution is -0.142. The molecule has 12 heteroatoms. The molecule has 0 aliphatic carbocycles. The molecule has 0 saturated heterocycles. The zero-order chi connectivity index (χ0) is 24.1. The SMILES string of the molecule is CCC(C)C(NC(=O)C(C)NC(=O)C(N)CCC(N)=O)C(=O)NC(CCSC)C(=O)O. The third-order valence-electron chi connectivity index (χ3n) is 4.81. The topological polar surface area (TPSA) is 194 Å². The van der Waals surface area contributed by atoms with Crippen molar-refractivity contribution in [3.63, 3.8) is 0 Å². The molecule has 31 heavy (non-hydrogen) atoms. The summed E-state index contributed by atoms with van der Waals surface area (Å²) in [6, 6.07) is -4.05. The van der Waals surface area contributed by atoms with Crippen LogP contribution in [0.1, 0.15) is 46.5 Å². The lowest BCUT2D eigenvalue weighted by atomic mass is 9.97. The number of carboxylic acids is 1. The van der Waals surface area contributed by atoms with E-state index in [4.69, 9.17) is 11.5 Å². The van der Waals surface area contributed by atoms with Crippen LogP contribution in [0.15, 0.2) is 0 Å². The highest BCUT2D eigenvalue weighted by molar-refractivity contribution is 7.98. The van der Waals surface area contributed by atoms with Gasteiger partial charge in [0.2, 0.25) is 23.6 Å². The van der Waals surface area contributed by atoms with E-state index in [1.165, 1.54) is 18.7 Å². The summed E-state index contributed by atoms with van der Waals surface area (Å²) in [5.41, 5.74) is 10.7. The van der Waals surface area contributed by atoms with Gasteiger partial charge in [0.15, 0.2) is 0 Å². The van der Waals surface area contributed by atoms with Crippen molar-refractivity contribution in [1.82, 2.24) is 16.0 Å². The molecular weight excluding hydrogens is 426 g/mol. The highest BCUT2D eigenvalue weighted by Crippen LogP contribution is 2.10. The Bertz CT molecular complexity index is 647. The van der Waals surface area contributed by atoms with Crippen molar-refractivity contribution in [3.8, 4) is 0 Å². The van der Waals surface area contributed by atoms with E-state index in [-0.39, 0.29) is 25.2 Å². The van der Waals surface area contributed by atoms with Gasteiger partial charge in [-0.05, 0) is 37.7 Å². The maximum Gasteiger partial charge on any atom is 0.326 e. The second kappa shape index (κ2) is 14.6. The van der Waals surface area contributed by atoms with Gasteiger partial charge in [-0.15, -0.1) is 0 Å². The quantitative estimate of drug-likeness (QED) is 0.177. The van der Waals surface area contributed by atoms with Crippen LogP contribution in [0.5, 0.6) is 0 Å². The van der Waals surface area contributed by atoms with Crippen LogP contribution >= 0.6 is 11.8 Å². The first-order valence-electron chi connectivity index (χ1n) is 10.1. The smallest absolute Gasteiger partial charge is 0.326 e. The molecule has 0 aliphatic rings. The third kappa shape index (κ3) is 11.0. The van der Waals surface area contributed by atoms with E-state index in [1.807, 2.05) is 13.2 Å². The number of hydrogen-bond donors (Lipinski definition) is 6. The number of carbonyl (C=O) groups is 5. The van der Waals surface area contributed by atoms with Crippen molar-refractivity contribution >= 4 is 41.4 Å². The summed E-state index contributed by atoms with van der Waals surface area (Å²) < 4.78 is 0. The van der Waals surface area contributed by atoms with Crippen LogP contribution in [0, 0.1) is 5.92 Å². The van der Waals surface area contributed by atoms with Gasteiger partial charge in [-0.3, -0.25) is 19.2 Å². The molecule has 11 nitrogen and oxygen atoms in total. The average Bonchev–Trinajstić information content (AvgIpc) is 2.71. The minimum atomic E-state index is -1.15. The van der Waals surface area contributed by atoms with E-state index in [0.717, 1.165) is 0 Å². The van der Waals surface area contributed by atoms with E-state index < -0.39 is 53.8 Å². The van der Waals surface area contributed by atoms with Crippen LogP contribution in [0.25, 0.3) is 0 Å². The predicted octanol–water partition coefficient (Wildman–Crippen LogP) is -1.06. The van der Waals surface area contributed by atoms with Gasteiger partial charge in [0.25, 0.3) is 0 Å². The Labute approximate surface area is 186 Å². The normalized spacial score (nSPS) is 15.6. The van der Waals surface area contributed by atoms with Gasteiger partial charge >= 0.3 is 5.97 Å². The fraction of sp³-hybridized carbons (Fsp3) is 0.737. The highest BCUT2D eigenvalue weighted by Gasteiger charge is 2.31. The zero-order valence-corrected chi connectivity index (χ0v) is 19.3. The second-order valence-electron chi connectivity index (χ2n) is 7.39. The Morgan fingerprint density at radius 1 is 0.968 bits per heavy atom. The number of primary amides is 1. The Morgan fingerprint density at radius 2 is 1.58 bits per heavy atom. The summed E-state index contributed by atoms with van der Waals surface area (Å²) in [7, 11) is 0. The van der Waals surface area contributed by atoms with Crippen LogP contribution in [0.4, 0.5) is 0 Å². The lowest BCUT2D eigenvalue weighted by Gasteiger charge is -2.27. The molecule has 0 heterocycles. The molecule has 0 saturated carbocycles. The van der Waals surface area contributed by atoms with Gasteiger partial charge in [0.1, 0.15) is 18.1 Å². The van der Waals surface area contributed by atoms with Gasteiger partial charge in [0, 0.05) is 6.42 Å². The number of hydrogen-bond acceptors (Lipinski definition) is 7.